The van der Waals surface area contributed by atoms with Gasteiger partial charge in [0.05, 0.1) is 24.7 Å². The molecule has 2 rings (SSSR count). The summed E-state index contributed by atoms with van der Waals surface area (Å²) in [5.41, 5.74) is 3.48. The Morgan fingerprint density at radius 1 is 1.26 bits per heavy atom. The van der Waals surface area contributed by atoms with E-state index in [0.29, 0.717) is 0 Å². The largest absolute Gasteiger partial charge is 0.497 e. The van der Waals surface area contributed by atoms with Crippen molar-refractivity contribution >= 4 is 18.1 Å². The molecule has 4 nitrogen and oxygen atoms in total. The number of benzene rings is 1. The van der Waals surface area contributed by atoms with Crippen LogP contribution < -0.4 is 10.1 Å². The molecule has 0 amide bonds. The predicted molar refractivity (Wildman–Crippen MR) is 80.2 cm³/mol. The van der Waals surface area contributed by atoms with Gasteiger partial charge in [-0.2, -0.15) is 5.10 Å². The zero-order chi connectivity index (χ0) is 13.0. The molecule has 0 aliphatic carbocycles. The Hall–Kier alpha value is -1.68. The molecule has 0 aliphatic rings. The van der Waals surface area contributed by atoms with E-state index in [2.05, 4.69) is 36.4 Å². The zero-order valence-electron chi connectivity index (χ0n) is 11.5. The van der Waals surface area contributed by atoms with E-state index in [1.165, 1.54) is 11.3 Å². The smallest absolute Gasteiger partial charge is 0.118 e. The molecule has 0 spiro atoms. The molecule has 1 aromatic carbocycles. The Labute approximate surface area is 120 Å². The van der Waals surface area contributed by atoms with Crippen molar-refractivity contribution in [1.29, 1.82) is 0 Å². The molecule has 0 fully saturated rings. The first-order valence-electron chi connectivity index (χ1n) is 6.13. The van der Waals surface area contributed by atoms with Gasteiger partial charge in [0.15, 0.2) is 0 Å². The normalized spacial score (nSPS) is 9.84. The summed E-state index contributed by atoms with van der Waals surface area (Å²) in [6.07, 6.45) is 1.88. The Morgan fingerprint density at radius 3 is 2.47 bits per heavy atom. The van der Waals surface area contributed by atoms with Gasteiger partial charge < -0.3 is 10.1 Å². The van der Waals surface area contributed by atoms with Gasteiger partial charge in [0, 0.05) is 13.1 Å². The zero-order valence-corrected chi connectivity index (χ0v) is 12.3. The van der Waals surface area contributed by atoms with Crippen LogP contribution >= 0.6 is 12.4 Å². The molecule has 1 heterocycles. The minimum atomic E-state index is 0. The van der Waals surface area contributed by atoms with Crippen molar-refractivity contribution in [3.05, 3.63) is 41.7 Å². The number of anilines is 1. The van der Waals surface area contributed by atoms with Crippen molar-refractivity contribution in [2.45, 2.75) is 26.9 Å². The summed E-state index contributed by atoms with van der Waals surface area (Å²) < 4.78 is 7.12. The van der Waals surface area contributed by atoms with Gasteiger partial charge >= 0.3 is 0 Å². The molecular formula is C14H20ClN3O. The van der Waals surface area contributed by atoms with E-state index >= 15 is 0 Å². The van der Waals surface area contributed by atoms with E-state index < -0.39 is 0 Å². The maximum Gasteiger partial charge on any atom is 0.118 e. The lowest BCUT2D eigenvalue weighted by molar-refractivity contribution is 0.414. The van der Waals surface area contributed by atoms with Crippen molar-refractivity contribution in [3.63, 3.8) is 0 Å². The number of hydrogen-bond acceptors (Lipinski definition) is 3. The summed E-state index contributed by atoms with van der Waals surface area (Å²) in [6, 6.07) is 8.06. The quantitative estimate of drug-likeness (QED) is 0.914. The lowest BCUT2D eigenvalue weighted by Gasteiger charge is -2.07. The van der Waals surface area contributed by atoms with Gasteiger partial charge in [-0.05, 0) is 31.5 Å². The molecule has 1 N–H and O–H groups in total. The lowest BCUT2D eigenvalue weighted by atomic mass is 10.2. The molecule has 5 heteroatoms. The van der Waals surface area contributed by atoms with Crippen LogP contribution in [-0.2, 0) is 13.1 Å². The average molecular weight is 282 g/mol. The number of methoxy groups -OCH3 is 1. The second-order valence-electron chi connectivity index (χ2n) is 4.16. The fourth-order valence-corrected chi connectivity index (χ4v) is 1.88. The number of halogens is 1. The van der Waals surface area contributed by atoms with Crippen LogP contribution in [0.3, 0.4) is 0 Å². The molecule has 19 heavy (non-hydrogen) atoms. The maximum atomic E-state index is 5.14. The number of aromatic nitrogens is 2. The van der Waals surface area contributed by atoms with Crippen molar-refractivity contribution in [2.75, 3.05) is 12.4 Å². The minimum Gasteiger partial charge on any atom is -0.497 e. The summed E-state index contributed by atoms with van der Waals surface area (Å²) >= 11 is 0. The fraction of sp³-hybridized carbons (Fsp3) is 0.357. The molecule has 0 unspecified atom stereocenters. The van der Waals surface area contributed by atoms with Crippen LogP contribution in [0.25, 0.3) is 0 Å². The fourth-order valence-electron chi connectivity index (χ4n) is 1.88. The molecular weight excluding hydrogens is 262 g/mol. The van der Waals surface area contributed by atoms with Gasteiger partial charge in [-0.1, -0.05) is 12.1 Å². The molecule has 0 atom stereocenters. The molecule has 0 saturated carbocycles. The third-order valence-corrected chi connectivity index (χ3v) is 3.04. The molecule has 0 saturated heterocycles. The monoisotopic (exact) mass is 281 g/mol. The lowest BCUT2D eigenvalue weighted by Crippen LogP contribution is -2.02. The van der Waals surface area contributed by atoms with Crippen LogP contribution in [-0.4, -0.2) is 16.9 Å². The molecule has 0 aliphatic heterocycles. The van der Waals surface area contributed by atoms with Crippen molar-refractivity contribution in [3.8, 4) is 5.75 Å². The van der Waals surface area contributed by atoms with Crippen LogP contribution in [0.2, 0.25) is 0 Å². The SMILES string of the molecule is CCn1ncc(NCc2ccc(OC)cc2)c1C.Cl. The highest BCUT2D eigenvalue weighted by molar-refractivity contribution is 5.85. The molecule has 2 aromatic rings. The van der Waals surface area contributed by atoms with Crippen LogP contribution in [0.4, 0.5) is 5.69 Å². The average Bonchev–Trinajstić information content (AvgIpc) is 2.77. The van der Waals surface area contributed by atoms with Gasteiger partial charge in [-0.15, -0.1) is 12.4 Å². The number of rotatable bonds is 5. The first-order chi connectivity index (χ1) is 8.74. The van der Waals surface area contributed by atoms with E-state index in [1.807, 2.05) is 23.0 Å². The third-order valence-electron chi connectivity index (χ3n) is 3.04. The van der Waals surface area contributed by atoms with E-state index in [9.17, 15) is 0 Å². The molecule has 1 aromatic heterocycles. The second-order valence-corrected chi connectivity index (χ2v) is 4.16. The van der Waals surface area contributed by atoms with Crippen molar-refractivity contribution in [2.24, 2.45) is 0 Å². The molecule has 0 bridgehead atoms. The number of ether oxygens (including phenoxy) is 1. The number of nitrogens with zero attached hydrogens (tertiary/aromatic N) is 2. The van der Waals surface area contributed by atoms with Gasteiger partial charge in [-0.25, -0.2) is 0 Å². The van der Waals surface area contributed by atoms with Crippen LogP contribution in [0, 0.1) is 6.92 Å². The van der Waals surface area contributed by atoms with Gasteiger partial charge in [0.2, 0.25) is 0 Å². The van der Waals surface area contributed by atoms with E-state index in [0.717, 1.165) is 24.5 Å². The van der Waals surface area contributed by atoms with Crippen molar-refractivity contribution < 1.29 is 4.74 Å². The van der Waals surface area contributed by atoms with Crippen LogP contribution in [0.1, 0.15) is 18.2 Å². The summed E-state index contributed by atoms with van der Waals surface area (Å²) in [4.78, 5) is 0. The van der Waals surface area contributed by atoms with Gasteiger partial charge in [0.25, 0.3) is 0 Å². The Balaban J connectivity index is 0.00000180. The second kappa shape index (κ2) is 7.04. The summed E-state index contributed by atoms with van der Waals surface area (Å²) in [5.74, 6) is 0.883. The Kier molecular flexibility index (Phi) is 5.70. The van der Waals surface area contributed by atoms with Crippen LogP contribution in [0.5, 0.6) is 5.75 Å². The van der Waals surface area contributed by atoms with Gasteiger partial charge in [-0.3, -0.25) is 4.68 Å². The van der Waals surface area contributed by atoms with E-state index in [4.69, 9.17) is 4.74 Å². The Bertz CT molecular complexity index is 508. The number of hydrogen-bond donors (Lipinski definition) is 1. The van der Waals surface area contributed by atoms with E-state index in [-0.39, 0.29) is 12.4 Å². The highest BCUT2D eigenvalue weighted by atomic mass is 35.5. The highest BCUT2D eigenvalue weighted by Crippen LogP contribution is 2.16. The predicted octanol–water partition coefficient (Wildman–Crippen LogP) is 3.25. The standard InChI is InChI=1S/C14H19N3O.ClH/c1-4-17-11(2)14(10-16-17)15-9-12-5-7-13(18-3)8-6-12;/h5-8,10,15H,4,9H2,1-3H3;1H. The van der Waals surface area contributed by atoms with Gasteiger partial charge in [0.1, 0.15) is 5.75 Å². The summed E-state index contributed by atoms with van der Waals surface area (Å²) in [7, 11) is 1.68. The summed E-state index contributed by atoms with van der Waals surface area (Å²) in [5, 5.41) is 7.71. The van der Waals surface area contributed by atoms with E-state index in [1.54, 1.807) is 7.11 Å². The topological polar surface area (TPSA) is 39.1 Å². The number of nitrogens with one attached hydrogen (secondary N) is 1. The summed E-state index contributed by atoms with van der Waals surface area (Å²) in [6.45, 7) is 5.86. The first-order valence-corrected chi connectivity index (χ1v) is 6.13. The van der Waals surface area contributed by atoms with Crippen LogP contribution in [0.15, 0.2) is 30.5 Å². The Morgan fingerprint density at radius 2 is 1.95 bits per heavy atom. The maximum absolute atomic E-state index is 5.14. The first kappa shape index (κ1) is 15.4. The third kappa shape index (κ3) is 3.64. The minimum absolute atomic E-state index is 0. The highest BCUT2D eigenvalue weighted by Gasteiger charge is 2.04. The molecule has 104 valence electrons. The molecule has 0 radical (unpaired) electrons. The number of aryl methyl sites for hydroxylation is 1. The van der Waals surface area contributed by atoms with Crippen molar-refractivity contribution in [1.82, 2.24) is 9.78 Å².